The number of alkyl halides is 3. The molecule has 0 heterocycles. The van der Waals surface area contributed by atoms with E-state index >= 15 is 0 Å². The van der Waals surface area contributed by atoms with Crippen molar-refractivity contribution in [2.24, 2.45) is 0 Å². The monoisotopic (exact) mass is 359 g/mol. The Bertz CT molecular complexity index is 656. The number of benzene rings is 2. The average molecular weight is 360 g/mol. The van der Waals surface area contributed by atoms with Crippen molar-refractivity contribution in [2.75, 3.05) is 5.32 Å². The molecule has 2 rings (SSSR count). The molecule has 0 aromatic heterocycles. The maximum Gasteiger partial charge on any atom is 0.416 e. The third-order valence-electron chi connectivity index (χ3n) is 3.07. The van der Waals surface area contributed by atoms with E-state index in [4.69, 9.17) is 0 Å². The minimum atomic E-state index is -4.38. The molecule has 0 aliphatic rings. The summed E-state index contributed by atoms with van der Waals surface area (Å²) in [5.41, 5.74) is 0.468. The van der Waals surface area contributed by atoms with Gasteiger partial charge in [-0.15, -0.1) is 0 Å². The Balaban J connectivity index is 2.19. The summed E-state index contributed by atoms with van der Waals surface area (Å²) in [5.74, 6) is 0.0915. The smallest absolute Gasteiger partial charge is 0.416 e. The van der Waals surface area contributed by atoms with Crippen LogP contribution in [0, 0.1) is 6.92 Å². The molecule has 0 saturated carbocycles. The van der Waals surface area contributed by atoms with Crippen LogP contribution in [0.5, 0.6) is 5.75 Å². The van der Waals surface area contributed by atoms with Gasteiger partial charge in [0.05, 0.1) is 5.56 Å². The minimum absolute atomic E-state index is 0.0915. The molecule has 0 radical (unpaired) electrons. The van der Waals surface area contributed by atoms with E-state index in [0.29, 0.717) is 11.3 Å². The van der Waals surface area contributed by atoms with E-state index in [0.717, 1.165) is 10.5 Å². The van der Waals surface area contributed by atoms with Crippen LogP contribution in [0.25, 0.3) is 0 Å². The number of phenolic OH excluding ortho intramolecular Hbond substituents is 1. The van der Waals surface area contributed by atoms with Crippen LogP contribution in [-0.2, 0) is 12.7 Å². The van der Waals surface area contributed by atoms with E-state index in [9.17, 15) is 18.3 Å². The van der Waals surface area contributed by atoms with E-state index < -0.39 is 11.7 Å². The third kappa shape index (κ3) is 3.91. The van der Waals surface area contributed by atoms with Crippen LogP contribution < -0.4 is 5.32 Å². The van der Waals surface area contributed by atoms with Crippen molar-refractivity contribution in [3.8, 4) is 5.75 Å². The molecular formula is C15H13BrF3NO. The predicted octanol–water partition coefficient (Wildman–Crippen LogP) is 5.09. The quantitative estimate of drug-likeness (QED) is 0.799. The van der Waals surface area contributed by atoms with Gasteiger partial charge in [0.25, 0.3) is 0 Å². The Hall–Kier alpha value is -1.69. The second-order valence-corrected chi connectivity index (χ2v) is 5.57. The Morgan fingerprint density at radius 3 is 2.52 bits per heavy atom. The summed E-state index contributed by atoms with van der Waals surface area (Å²) in [6.45, 7) is 1.65. The molecule has 0 aliphatic carbocycles. The third-order valence-corrected chi connectivity index (χ3v) is 3.56. The fraction of sp³-hybridized carbons (Fsp3) is 0.200. The molecule has 2 nitrogen and oxygen atoms in total. The van der Waals surface area contributed by atoms with Crippen molar-refractivity contribution in [2.45, 2.75) is 19.6 Å². The first-order valence-electron chi connectivity index (χ1n) is 6.16. The summed E-state index contributed by atoms with van der Waals surface area (Å²) < 4.78 is 39.3. The van der Waals surface area contributed by atoms with Crippen LogP contribution in [0.3, 0.4) is 0 Å². The number of phenols is 1. The molecular weight excluding hydrogens is 347 g/mol. The number of hydrogen-bond acceptors (Lipinski definition) is 2. The summed E-state index contributed by atoms with van der Waals surface area (Å²) in [4.78, 5) is 0. The van der Waals surface area contributed by atoms with E-state index in [1.165, 1.54) is 19.1 Å². The molecule has 0 saturated heterocycles. The SMILES string of the molecule is Cc1ccc(NCc2cc(Br)ccc2O)cc1C(F)(F)F. The van der Waals surface area contributed by atoms with Crippen molar-refractivity contribution < 1.29 is 18.3 Å². The van der Waals surface area contributed by atoms with Crippen molar-refractivity contribution in [3.05, 3.63) is 57.6 Å². The van der Waals surface area contributed by atoms with E-state index in [-0.39, 0.29) is 17.9 Å². The summed E-state index contributed by atoms with van der Waals surface area (Å²) >= 11 is 3.28. The van der Waals surface area contributed by atoms with Crippen LogP contribution in [-0.4, -0.2) is 5.11 Å². The molecule has 0 aliphatic heterocycles. The predicted molar refractivity (Wildman–Crippen MR) is 79.3 cm³/mol. The highest BCUT2D eigenvalue weighted by Gasteiger charge is 2.32. The van der Waals surface area contributed by atoms with Gasteiger partial charge in [-0.25, -0.2) is 0 Å². The molecule has 2 N–H and O–H groups in total. The van der Waals surface area contributed by atoms with Gasteiger partial charge < -0.3 is 10.4 Å². The molecule has 2 aromatic rings. The molecule has 112 valence electrons. The maximum absolute atomic E-state index is 12.8. The zero-order valence-corrected chi connectivity index (χ0v) is 12.7. The fourth-order valence-corrected chi connectivity index (χ4v) is 2.34. The molecule has 0 unspecified atom stereocenters. The van der Waals surface area contributed by atoms with Crippen LogP contribution >= 0.6 is 15.9 Å². The molecule has 21 heavy (non-hydrogen) atoms. The molecule has 0 spiro atoms. The number of nitrogens with one attached hydrogen (secondary N) is 1. The summed E-state index contributed by atoms with van der Waals surface area (Å²) in [6.07, 6.45) is -4.38. The summed E-state index contributed by atoms with van der Waals surface area (Å²) in [5, 5.41) is 12.6. The van der Waals surface area contributed by atoms with Crippen LogP contribution in [0.1, 0.15) is 16.7 Å². The summed E-state index contributed by atoms with van der Waals surface area (Å²) in [7, 11) is 0. The van der Waals surface area contributed by atoms with Gasteiger partial charge in [-0.2, -0.15) is 13.2 Å². The normalized spacial score (nSPS) is 11.5. The van der Waals surface area contributed by atoms with Gasteiger partial charge in [0.2, 0.25) is 0 Å². The Morgan fingerprint density at radius 2 is 1.86 bits per heavy atom. The number of anilines is 1. The number of rotatable bonds is 3. The Morgan fingerprint density at radius 1 is 1.14 bits per heavy atom. The van der Waals surface area contributed by atoms with Crippen molar-refractivity contribution in [1.82, 2.24) is 0 Å². The molecule has 0 amide bonds. The summed E-state index contributed by atoms with van der Waals surface area (Å²) in [6, 6.07) is 9.00. The van der Waals surface area contributed by atoms with E-state index in [1.807, 2.05) is 0 Å². The largest absolute Gasteiger partial charge is 0.508 e. The lowest BCUT2D eigenvalue weighted by molar-refractivity contribution is -0.138. The standard InChI is InChI=1S/C15H13BrF3NO/c1-9-2-4-12(7-13(9)15(17,18)19)20-8-10-6-11(16)3-5-14(10)21/h2-7,20-21H,8H2,1H3. The zero-order chi connectivity index (χ0) is 15.6. The molecule has 2 aromatic carbocycles. The molecule has 0 atom stereocenters. The number of hydrogen-bond donors (Lipinski definition) is 2. The first kappa shape index (κ1) is 15.7. The van der Waals surface area contributed by atoms with Gasteiger partial charge in [-0.05, 0) is 42.8 Å². The Kier molecular flexibility index (Phi) is 4.46. The molecule has 0 fully saturated rings. The average Bonchev–Trinajstić information content (AvgIpc) is 2.40. The topological polar surface area (TPSA) is 32.3 Å². The van der Waals surface area contributed by atoms with Crippen molar-refractivity contribution >= 4 is 21.6 Å². The number of halogens is 4. The van der Waals surface area contributed by atoms with Crippen molar-refractivity contribution in [3.63, 3.8) is 0 Å². The maximum atomic E-state index is 12.8. The van der Waals surface area contributed by atoms with Gasteiger partial charge in [-0.1, -0.05) is 22.0 Å². The number of aryl methyl sites for hydroxylation is 1. The first-order valence-corrected chi connectivity index (χ1v) is 6.96. The first-order chi connectivity index (χ1) is 9.77. The fourth-order valence-electron chi connectivity index (χ4n) is 1.93. The Labute approximate surface area is 128 Å². The second-order valence-electron chi connectivity index (χ2n) is 4.65. The van der Waals surface area contributed by atoms with Crippen LogP contribution in [0.4, 0.5) is 18.9 Å². The van der Waals surface area contributed by atoms with Gasteiger partial charge in [0.1, 0.15) is 5.75 Å². The lowest BCUT2D eigenvalue weighted by Gasteiger charge is -2.14. The van der Waals surface area contributed by atoms with Gasteiger partial charge in [0.15, 0.2) is 0 Å². The van der Waals surface area contributed by atoms with Gasteiger partial charge >= 0.3 is 6.18 Å². The highest BCUT2D eigenvalue weighted by molar-refractivity contribution is 9.10. The number of aromatic hydroxyl groups is 1. The van der Waals surface area contributed by atoms with Crippen LogP contribution in [0.2, 0.25) is 0 Å². The molecule has 0 bridgehead atoms. The van der Waals surface area contributed by atoms with E-state index in [1.54, 1.807) is 18.2 Å². The lowest BCUT2D eigenvalue weighted by atomic mass is 10.1. The van der Waals surface area contributed by atoms with E-state index in [2.05, 4.69) is 21.2 Å². The lowest BCUT2D eigenvalue weighted by Crippen LogP contribution is -2.09. The van der Waals surface area contributed by atoms with Crippen LogP contribution in [0.15, 0.2) is 40.9 Å². The minimum Gasteiger partial charge on any atom is -0.508 e. The van der Waals surface area contributed by atoms with Crippen molar-refractivity contribution in [1.29, 1.82) is 0 Å². The zero-order valence-electron chi connectivity index (χ0n) is 11.1. The highest BCUT2D eigenvalue weighted by atomic mass is 79.9. The highest BCUT2D eigenvalue weighted by Crippen LogP contribution is 2.33. The molecule has 6 heteroatoms. The van der Waals surface area contributed by atoms with Gasteiger partial charge in [0, 0.05) is 22.3 Å². The van der Waals surface area contributed by atoms with Gasteiger partial charge in [-0.3, -0.25) is 0 Å². The second kappa shape index (κ2) is 5.97.